The first-order valence-electron chi connectivity index (χ1n) is 13.2. The predicted molar refractivity (Wildman–Crippen MR) is 129 cm³/mol. The second-order valence-electron chi connectivity index (χ2n) is 12.3. The molecule has 4 rings (SSSR count). The molecular formula is C28H47NO2. The Morgan fingerprint density at radius 3 is 2.45 bits per heavy atom. The summed E-state index contributed by atoms with van der Waals surface area (Å²) in [5, 5.41) is 20.0. The largest absolute Gasteiger partial charge is 0.393 e. The zero-order chi connectivity index (χ0) is 22.2. The van der Waals surface area contributed by atoms with E-state index in [0.29, 0.717) is 17.4 Å². The van der Waals surface area contributed by atoms with Crippen LogP contribution in [0.5, 0.6) is 0 Å². The summed E-state index contributed by atoms with van der Waals surface area (Å²) >= 11 is 0. The van der Waals surface area contributed by atoms with Crippen LogP contribution in [0.25, 0.3) is 0 Å². The van der Waals surface area contributed by atoms with E-state index in [1.165, 1.54) is 70.0 Å². The number of aliphatic hydroxyl groups is 2. The van der Waals surface area contributed by atoms with Gasteiger partial charge in [0.05, 0.1) is 12.2 Å². The van der Waals surface area contributed by atoms with Gasteiger partial charge in [0.1, 0.15) is 0 Å². The number of hydrogen-bond donors (Lipinski definition) is 2. The summed E-state index contributed by atoms with van der Waals surface area (Å²) in [5.74, 6) is 2.30. The molecule has 1 unspecified atom stereocenters. The maximum absolute atomic E-state index is 10.0. The van der Waals surface area contributed by atoms with E-state index in [-0.39, 0.29) is 12.2 Å². The topological polar surface area (TPSA) is 43.7 Å². The molecule has 1 saturated heterocycles. The molecule has 3 saturated carbocycles. The van der Waals surface area contributed by atoms with E-state index in [0.717, 1.165) is 30.6 Å². The zero-order valence-corrected chi connectivity index (χ0v) is 20.6. The van der Waals surface area contributed by atoms with Crippen LogP contribution in [0, 0.1) is 23.2 Å². The van der Waals surface area contributed by atoms with Crippen LogP contribution >= 0.6 is 0 Å². The summed E-state index contributed by atoms with van der Waals surface area (Å²) < 4.78 is 0. The van der Waals surface area contributed by atoms with E-state index < -0.39 is 0 Å². The Hall–Kier alpha value is -0.640. The molecule has 0 spiro atoms. The Morgan fingerprint density at radius 2 is 1.74 bits per heavy atom. The summed E-state index contributed by atoms with van der Waals surface area (Å²) in [6.07, 6.45) is 16.6. The van der Waals surface area contributed by atoms with E-state index in [4.69, 9.17) is 0 Å². The molecule has 0 bridgehead atoms. The molecule has 0 amide bonds. The fraction of sp³-hybridized carbons (Fsp3) is 0.857. The van der Waals surface area contributed by atoms with Gasteiger partial charge in [-0.25, -0.2) is 0 Å². The molecule has 2 N–H and O–H groups in total. The van der Waals surface area contributed by atoms with Crippen molar-refractivity contribution in [2.75, 3.05) is 13.1 Å². The molecule has 1 aliphatic heterocycles. The number of allylic oxidation sites excluding steroid dienone is 3. The fourth-order valence-electron chi connectivity index (χ4n) is 7.88. The highest BCUT2D eigenvalue weighted by Crippen LogP contribution is 2.59. The lowest BCUT2D eigenvalue weighted by atomic mass is 9.61. The molecule has 0 aromatic rings. The molecule has 4 aliphatic rings. The highest BCUT2D eigenvalue weighted by atomic mass is 16.3. The van der Waals surface area contributed by atoms with Crippen molar-refractivity contribution in [1.29, 1.82) is 0 Å². The van der Waals surface area contributed by atoms with Crippen LogP contribution < -0.4 is 0 Å². The van der Waals surface area contributed by atoms with Gasteiger partial charge in [-0.3, -0.25) is 4.90 Å². The number of nitrogens with zero attached hydrogens (tertiary/aromatic N) is 1. The van der Waals surface area contributed by atoms with Crippen LogP contribution in [0.2, 0.25) is 0 Å². The standard InChI is InChI=1S/C28H47NO2/c1-20(19-29-15-6-5-13-27(29,2)3)25-11-12-26-22(8-7-14-28(25,26)4)10-9-21-16-23(30)18-24(31)17-21/h9-10,20,23-26,30-31H,5-8,11-19H2,1-4H3/b22-10+/t20?,23-,24-,25-,26+,28-/m1/s1. The van der Waals surface area contributed by atoms with Gasteiger partial charge < -0.3 is 10.2 Å². The van der Waals surface area contributed by atoms with Gasteiger partial charge in [0.15, 0.2) is 0 Å². The van der Waals surface area contributed by atoms with Crippen molar-refractivity contribution >= 4 is 0 Å². The lowest BCUT2D eigenvalue weighted by molar-refractivity contribution is 0.0256. The van der Waals surface area contributed by atoms with Crippen LogP contribution in [0.3, 0.4) is 0 Å². The predicted octanol–water partition coefficient (Wildman–Crippen LogP) is 5.86. The molecule has 0 radical (unpaired) electrons. The van der Waals surface area contributed by atoms with Gasteiger partial charge in [-0.2, -0.15) is 0 Å². The summed E-state index contributed by atoms with van der Waals surface area (Å²) in [6, 6.07) is 0. The first-order chi connectivity index (χ1) is 14.7. The molecule has 0 aromatic carbocycles. The number of aliphatic hydroxyl groups excluding tert-OH is 2. The number of likely N-dealkylation sites (tertiary alicyclic amines) is 1. The van der Waals surface area contributed by atoms with E-state index in [1.807, 2.05) is 0 Å². The van der Waals surface area contributed by atoms with Crippen molar-refractivity contribution in [3.8, 4) is 0 Å². The quantitative estimate of drug-likeness (QED) is 0.588. The summed E-state index contributed by atoms with van der Waals surface area (Å²) in [4.78, 5) is 2.79. The normalized spacial score (nSPS) is 41.2. The number of hydrogen-bond acceptors (Lipinski definition) is 3. The third-order valence-electron chi connectivity index (χ3n) is 9.63. The molecule has 31 heavy (non-hydrogen) atoms. The Bertz CT molecular complexity index is 683. The molecule has 176 valence electrons. The van der Waals surface area contributed by atoms with Crippen LogP contribution in [0.15, 0.2) is 23.3 Å². The van der Waals surface area contributed by atoms with Crippen molar-refractivity contribution < 1.29 is 10.2 Å². The molecule has 0 aromatic heterocycles. The molecule has 4 fully saturated rings. The first-order valence-corrected chi connectivity index (χ1v) is 13.2. The van der Waals surface area contributed by atoms with Crippen LogP contribution in [-0.4, -0.2) is 45.9 Å². The molecule has 3 aliphatic carbocycles. The second kappa shape index (κ2) is 9.31. The van der Waals surface area contributed by atoms with Gasteiger partial charge in [0.25, 0.3) is 0 Å². The third-order valence-corrected chi connectivity index (χ3v) is 9.63. The van der Waals surface area contributed by atoms with Gasteiger partial charge in [0, 0.05) is 12.1 Å². The minimum Gasteiger partial charge on any atom is -0.393 e. The zero-order valence-electron chi connectivity index (χ0n) is 20.6. The number of fused-ring (bicyclic) bond motifs is 1. The van der Waals surface area contributed by atoms with Crippen LogP contribution in [0.1, 0.15) is 98.3 Å². The maximum atomic E-state index is 10.0. The third kappa shape index (κ3) is 4.99. The van der Waals surface area contributed by atoms with Gasteiger partial charge >= 0.3 is 0 Å². The molecule has 1 heterocycles. The highest BCUT2D eigenvalue weighted by Gasteiger charge is 2.51. The number of rotatable bonds is 4. The van der Waals surface area contributed by atoms with E-state index in [1.54, 1.807) is 5.57 Å². The molecule has 3 heteroatoms. The average Bonchev–Trinajstić information content (AvgIpc) is 3.05. The maximum Gasteiger partial charge on any atom is 0.0602 e. The summed E-state index contributed by atoms with van der Waals surface area (Å²) in [6.45, 7) is 12.6. The smallest absolute Gasteiger partial charge is 0.0602 e. The number of piperidine rings is 1. The van der Waals surface area contributed by atoms with Gasteiger partial charge in [-0.1, -0.05) is 43.6 Å². The molecule has 6 atom stereocenters. The minimum absolute atomic E-state index is 0.365. The van der Waals surface area contributed by atoms with Crippen LogP contribution in [0.4, 0.5) is 0 Å². The van der Waals surface area contributed by atoms with Crippen molar-refractivity contribution in [2.24, 2.45) is 23.2 Å². The van der Waals surface area contributed by atoms with Crippen molar-refractivity contribution in [1.82, 2.24) is 4.90 Å². The SMILES string of the molecule is CC(CN1CCCCC1(C)C)[C@H]1CC[C@H]2/C(=C/C=C3C[C@@H](O)C[C@H](O)C3)CCC[C@]12C. The fourth-order valence-corrected chi connectivity index (χ4v) is 7.88. The van der Waals surface area contributed by atoms with Crippen molar-refractivity contribution in [3.05, 3.63) is 23.3 Å². The van der Waals surface area contributed by atoms with Crippen molar-refractivity contribution in [3.63, 3.8) is 0 Å². The van der Waals surface area contributed by atoms with E-state index in [2.05, 4.69) is 44.7 Å². The van der Waals surface area contributed by atoms with Gasteiger partial charge in [-0.15, -0.1) is 0 Å². The Balaban J connectivity index is 1.46. The van der Waals surface area contributed by atoms with E-state index in [9.17, 15) is 10.2 Å². The Kier molecular flexibility index (Phi) is 7.06. The molecular weight excluding hydrogens is 382 g/mol. The highest BCUT2D eigenvalue weighted by molar-refractivity contribution is 5.26. The molecule has 3 nitrogen and oxygen atoms in total. The first kappa shape index (κ1) is 23.5. The lowest BCUT2D eigenvalue weighted by Crippen LogP contribution is -2.50. The lowest BCUT2D eigenvalue weighted by Gasteiger charge is -2.48. The summed E-state index contributed by atoms with van der Waals surface area (Å²) in [7, 11) is 0. The second-order valence-corrected chi connectivity index (χ2v) is 12.3. The summed E-state index contributed by atoms with van der Waals surface area (Å²) in [5.41, 5.74) is 3.67. The van der Waals surface area contributed by atoms with Crippen LogP contribution in [-0.2, 0) is 0 Å². The van der Waals surface area contributed by atoms with Crippen molar-refractivity contribution in [2.45, 2.75) is 116 Å². The minimum atomic E-state index is -0.374. The van der Waals surface area contributed by atoms with Gasteiger partial charge in [-0.05, 0) is 108 Å². The van der Waals surface area contributed by atoms with E-state index >= 15 is 0 Å². The monoisotopic (exact) mass is 429 g/mol. The van der Waals surface area contributed by atoms with Gasteiger partial charge in [0.2, 0.25) is 0 Å². The average molecular weight is 430 g/mol. The Morgan fingerprint density at radius 1 is 1.00 bits per heavy atom. The Labute approximate surface area is 191 Å².